The fourth-order valence-electron chi connectivity index (χ4n) is 1.81. The zero-order valence-corrected chi connectivity index (χ0v) is 8.14. The molecule has 0 aromatic carbocycles. The van der Waals surface area contributed by atoms with E-state index in [2.05, 4.69) is 47.2 Å². The van der Waals surface area contributed by atoms with Crippen molar-refractivity contribution in [2.75, 3.05) is 0 Å². The predicted molar refractivity (Wildman–Crippen MR) is 57.5 cm³/mol. The van der Waals surface area contributed by atoms with Crippen LogP contribution in [-0.2, 0) is 0 Å². The van der Waals surface area contributed by atoms with Crippen molar-refractivity contribution in [2.24, 2.45) is 0 Å². The number of pyridine rings is 1. The van der Waals surface area contributed by atoms with Crippen molar-refractivity contribution >= 4 is 26.9 Å². The Kier molecular flexibility index (Phi) is 1.30. The van der Waals surface area contributed by atoms with Crippen molar-refractivity contribution in [3.8, 4) is 0 Å². The van der Waals surface area contributed by atoms with Crippen LogP contribution >= 0.6 is 11.3 Å². The van der Waals surface area contributed by atoms with Crippen LogP contribution in [0.3, 0.4) is 0 Å². The number of hydrogen-bond donors (Lipinski definition) is 0. The minimum atomic E-state index is 1.28. The number of nitrogens with zero attached hydrogens (tertiary/aromatic N) is 1. The number of fused-ring (bicyclic) bond motifs is 2. The monoisotopic (exact) mass is 187 g/mol. The minimum absolute atomic E-state index is 1.28. The lowest BCUT2D eigenvalue weighted by atomic mass is 10.2. The van der Waals surface area contributed by atoms with Gasteiger partial charge in [0.1, 0.15) is 0 Å². The summed E-state index contributed by atoms with van der Waals surface area (Å²) in [5, 5.41) is 3.52. The second-order valence-corrected chi connectivity index (χ2v) is 4.18. The topological polar surface area (TPSA) is 4.41 Å². The molecule has 0 aliphatic carbocycles. The van der Waals surface area contributed by atoms with E-state index in [-0.39, 0.29) is 0 Å². The molecule has 0 aliphatic rings. The van der Waals surface area contributed by atoms with E-state index in [1.54, 1.807) is 11.3 Å². The minimum Gasteiger partial charge on any atom is -0.320 e. The molecular weight excluding hydrogens is 178 g/mol. The van der Waals surface area contributed by atoms with Crippen LogP contribution in [0.25, 0.3) is 15.6 Å². The molecule has 3 aromatic rings. The van der Waals surface area contributed by atoms with Crippen molar-refractivity contribution in [3.05, 3.63) is 41.5 Å². The highest BCUT2D eigenvalue weighted by Crippen LogP contribution is 2.26. The Bertz CT molecular complexity index is 525. The maximum atomic E-state index is 2.24. The maximum Gasteiger partial charge on any atom is 0.0467 e. The van der Waals surface area contributed by atoms with Gasteiger partial charge in [-0.05, 0) is 36.6 Å². The van der Waals surface area contributed by atoms with Crippen LogP contribution in [0.1, 0.15) is 5.69 Å². The van der Waals surface area contributed by atoms with Gasteiger partial charge < -0.3 is 4.40 Å². The molecule has 0 N–H and O–H groups in total. The summed E-state index contributed by atoms with van der Waals surface area (Å²) in [6, 6.07) is 8.67. The quantitative estimate of drug-likeness (QED) is 0.507. The van der Waals surface area contributed by atoms with Gasteiger partial charge in [0.25, 0.3) is 0 Å². The Morgan fingerprint density at radius 2 is 2.23 bits per heavy atom. The molecule has 0 saturated heterocycles. The number of thiophene rings is 1. The summed E-state index contributed by atoms with van der Waals surface area (Å²) in [4.78, 5) is 0. The van der Waals surface area contributed by atoms with E-state index in [1.807, 2.05) is 0 Å². The molecule has 2 heteroatoms. The van der Waals surface area contributed by atoms with E-state index in [1.165, 1.54) is 21.3 Å². The summed E-state index contributed by atoms with van der Waals surface area (Å²) < 4.78 is 3.61. The molecule has 3 heterocycles. The van der Waals surface area contributed by atoms with Gasteiger partial charge in [0.15, 0.2) is 0 Å². The zero-order chi connectivity index (χ0) is 8.84. The van der Waals surface area contributed by atoms with E-state index < -0.39 is 0 Å². The van der Waals surface area contributed by atoms with Crippen molar-refractivity contribution in [3.63, 3.8) is 0 Å². The van der Waals surface area contributed by atoms with Gasteiger partial charge in [0, 0.05) is 27.5 Å². The standard InChI is InChI=1S/C11H9NS/c1-8-10-4-6-13-11(10)7-9-3-2-5-12(8)9/h2-7H,1H3. The third-order valence-corrected chi connectivity index (χ3v) is 3.37. The molecule has 0 spiro atoms. The number of hydrogen-bond acceptors (Lipinski definition) is 1. The van der Waals surface area contributed by atoms with Crippen LogP contribution in [0.5, 0.6) is 0 Å². The second-order valence-electron chi connectivity index (χ2n) is 3.23. The number of rotatable bonds is 0. The summed E-state index contributed by atoms with van der Waals surface area (Å²) >= 11 is 1.81. The van der Waals surface area contributed by atoms with Crippen molar-refractivity contribution in [2.45, 2.75) is 6.92 Å². The average molecular weight is 187 g/mol. The molecule has 0 bridgehead atoms. The van der Waals surface area contributed by atoms with Gasteiger partial charge in [0.2, 0.25) is 0 Å². The Hall–Kier alpha value is -1.28. The highest BCUT2D eigenvalue weighted by Gasteiger charge is 2.02. The van der Waals surface area contributed by atoms with E-state index in [0.717, 1.165) is 0 Å². The highest BCUT2D eigenvalue weighted by atomic mass is 32.1. The van der Waals surface area contributed by atoms with Crippen LogP contribution in [0, 0.1) is 6.92 Å². The summed E-state index contributed by atoms with van der Waals surface area (Å²) in [7, 11) is 0. The summed E-state index contributed by atoms with van der Waals surface area (Å²) in [5.74, 6) is 0. The second kappa shape index (κ2) is 2.36. The van der Waals surface area contributed by atoms with Crippen molar-refractivity contribution in [1.82, 2.24) is 4.40 Å². The van der Waals surface area contributed by atoms with E-state index in [9.17, 15) is 0 Å². The van der Waals surface area contributed by atoms with Gasteiger partial charge in [-0.1, -0.05) is 0 Å². The van der Waals surface area contributed by atoms with Crippen LogP contribution < -0.4 is 0 Å². The fraction of sp³-hybridized carbons (Fsp3) is 0.0909. The molecule has 0 atom stereocenters. The first kappa shape index (κ1) is 7.15. The van der Waals surface area contributed by atoms with Crippen LogP contribution in [0.15, 0.2) is 35.8 Å². The molecule has 3 rings (SSSR count). The molecular formula is C11H9NS. The Morgan fingerprint density at radius 3 is 3.15 bits per heavy atom. The lowest BCUT2D eigenvalue weighted by Gasteiger charge is -2.01. The van der Waals surface area contributed by atoms with Gasteiger partial charge in [-0.2, -0.15) is 0 Å². The van der Waals surface area contributed by atoms with E-state index in [0.29, 0.717) is 0 Å². The van der Waals surface area contributed by atoms with Crippen molar-refractivity contribution in [1.29, 1.82) is 0 Å². The molecule has 0 aliphatic heterocycles. The Balaban J connectivity index is 2.67. The average Bonchev–Trinajstić information content (AvgIpc) is 2.71. The number of aromatic nitrogens is 1. The summed E-state index contributed by atoms with van der Waals surface area (Å²) in [5.41, 5.74) is 2.62. The van der Waals surface area contributed by atoms with Gasteiger partial charge in [0.05, 0.1) is 0 Å². The first-order valence-corrected chi connectivity index (χ1v) is 5.18. The third-order valence-electron chi connectivity index (χ3n) is 2.51. The lowest BCUT2D eigenvalue weighted by Crippen LogP contribution is -1.87. The first-order valence-electron chi connectivity index (χ1n) is 4.30. The Morgan fingerprint density at radius 1 is 1.31 bits per heavy atom. The first-order chi connectivity index (χ1) is 6.36. The van der Waals surface area contributed by atoms with Crippen LogP contribution in [0.4, 0.5) is 0 Å². The molecule has 1 nitrogen and oxygen atoms in total. The predicted octanol–water partition coefficient (Wildman–Crippen LogP) is 3.46. The molecule has 3 aromatic heterocycles. The van der Waals surface area contributed by atoms with Gasteiger partial charge in [-0.15, -0.1) is 11.3 Å². The maximum absolute atomic E-state index is 2.24. The molecule has 64 valence electrons. The van der Waals surface area contributed by atoms with Crippen LogP contribution in [-0.4, -0.2) is 4.40 Å². The van der Waals surface area contributed by atoms with Gasteiger partial charge in [-0.25, -0.2) is 0 Å². The van der Waals surface area contributed by atoms with Gasteiger partial charge in [-0.3, -0.25) is 0 Å². The summed E-state index contributed by atoms with van der Waals surface area (Å²) in [6.45, 7) is 2.17. The largest absolute Gasteiger partial charge is 0.320 e. The fourth-order valence-corrected chi connectivity index (χ4v) is 2.70. The van der Waals surface area contributed by atoms with E-state index >= 15 is 0 Å². The van der Waals surface area contributed by atoms with E-state index in [4.69, 9.17) is 0 Å². The van der Waals surface area contributed by atoms with Crippen LogP contribution in [0.2, 0.25) is 0 Å². The number of aryl methyl sites for hydroxylation is 1. The molecule has 13 heavy (non-hydrogen) atoms. The molecule has 0 amide bonds. The van der Waals surface area contributed by atoms with Gasteiger partial charge >= 0.3 is 0 Å². The highest BCUT2D eigenvalue weighted by molar-refractivity contribution is 7.17. The van der Waals surface area contributed by atoms with Crippen molar-refractivity contribution < 1.29 is 0 Å². The SMILES string of the molecule is Cc1c2ccsc2cc2cccn12. The molecule has 0 fully saturated rings. The third kappa shape index (κ3) is 0.864. The smallest absolute Gasteiger partial charge is 0.0467 e. The zero-order valence-electron chi connectivity index (χ0n) is 7.32. The molecule has 0 radical (unpaired) electrons. The molecule has 0 saturated carbocycles. The normalized spacial score (nSPS) is 11.5. The molecule has 0 unspecified atom stereocenters. The Labute approximate surface area is 80.2 Å². The summed E-state index contributed by atoms with van der Waals surface area (Å²) in [6.07, 6.45) is 2.11. The lowest BCUT2D eigenvalue weighted by molar-refractivity contribution is 1.13.